The summed E-state index contributed by atoms with van der Waals surface area (Å²) in [6.07, 6.45) is 3.83. The van der Waals surface area contributed by atoms with Gasteiger partial charge in [-0.25, -0.2) is 0 Å². The van der Waals surface area contributed by atoms with Crippen LogP contribution in [0.15, 0.2) is 83.0 Å². The molecular formula is C28H28O5S. The lowest BCUT2D eigenvalue weighted by Crippen LogP contribution is -2.68. The topological polar surface area (TPSA) is 69.7 Å². The van der Waals surface area contributed by atoms with Crippen LogP contribution in [0.1, 0.15) is 37.0 Å². The Balaban J connectivity index is 1.72. The second kappa shape index (κ2) is 8.43. The van der Waals surface area contributed by atoms with Crippen molar-refractivity contribution in [2.45, 2.75) is 42.4 Å². The molecule has 6 heteroatoms. The summed E-state index contributed by atoms with van der Waals surface area (Å²) in [7, 11) is -0.418. The van der Waals surface area contributed by atoms with Crippen LogP contribution in [-0.2, 0) is 29.9 Å². The Bertz CT molecular complexity index is 1230. The number of ketones is 2. The van der Waals surface area contributed by atoms with Gasteiger partial charge in [0.1, 0.15) is 4.75 Å². The third-order valence-electron chi connectivity index (χ3n) is 7.72. The van der Waals surface area contributed by atoms with E-state index in [1.807, 2.05) is 55.5 Å². The minimum atomic E-state index is -1.81. The molecule has 0 spiro atoms. The van der Waals surface area contributed by atoms with Crippen LogP contribution in [0.25, 0.3) is 0 Å². The molecule has 0 radical (unpaired) electrons. The van der Waals surface area contributed by atoms with Gasteiger partial charge in [0.2, 0.25) is 5.78 Å². The van der Waals surface area contributed by atoms with Crippen molar-refractivity contribution in [3.8, 4) is 0 Å². The average molecular weight is 477 g/mol. The van der Waals surface area contributed by atoms with Crippen molar-refractivity contribution in [1.29, 1.82) is 0 Å². The van der Waals surface area contributed by atoms with Crippen molar-refractivity contribution in [3.05, 3.63) is 89.2 Å². The van der Waals surface area contributed by atoms with Crippen LogP contribution < -0.4 is 0 Å². The van der Waals surface area contributed by atoms with Crippen molar-refractivity contribution in [2.75, 3.05) is 13.7 Å². The molecule has 1 aliphatic heterocycles. The first-order valence-corrected chi connectivity index (χ1v) is 12.7. The molecule has 1 saturated heterocycles. The maximum absolute atomic E-state index is 14.6. The van der Waals surface area contributed by atoms with Crippen LogP contribution in [0.3, 0.4) is 0 Å². The van der Waals surface area contributed by atoms with Crippen LogP contribution in [0.4, 0.5) is 0 Å². The monoisotopic (exact) mass is 476 g/mol. The van der Waals surface area contributed by atoms with Gasteiger partial charge in [-0.1, -0.05) is 61.0 Å². The van der Waals surface area contributed by atoms with E-state index in [9.17, 15) is 13.8 Å². The molecule has 5 atom stereocenters. The summed E-state index contributed by atoms with van der Waals surface area (Å²) in [6.45, 7) is 4.09. The molecular weight excluding hydrogens is 448 g/mol. The van der Waals surface area contributed by atoms with E-state index in [-0.39, 0.29) is 23.4 Å². The third kappa shape index (κ3) is 3.19. The van der Waals surface area contributed by atoms with Crippen molar-refractivity contribution in [3.63, 3.8) is 0 Å². The molecule has 0 amide bonds. The summed E-state index contributed by atoms with van der Waals surface area (Å²) in [5, 5.41) is 0. The van der Waals surface area contributed by atoms with Crippen LogP contribution in [0, 0.1) is 18.3 Å². The molecule has 0 saturated carbocycles. The number of methoxy groups -OCH3 is 1. The number of rotatable bonds is 4. The van der Waals surface area contributed by atoms with Crippen molar-refractivity contribution in [2.24, 2.45) is 11.3 Å². The predicted molar refractivity (Wildman–Crippen MR) is 129 cm³/mol. The lowest BCUT2D eigenvalue weighted by atomic mass is 9.55. The summed E-state index contributed by atoms with van der Waals surface area (Å²) in [5.41, 5.74) is 1.81. The zero-order valence-electron chi connectivity index (χ0n) is 19.6. The molecule has 0 aromatic heterocycles. The van der Waals surface area contributed by atoms with Gasteiger partial charge in [0, 0.05) is 16.9 Å². The highest BCUT2D eigenvalue weighted by Gasteiger charge is 2.70. The highest BCUT2D eigenvalue weighted by molar-refractivity contribution is 7.87. The molecule has 0 bridgehead atoms. The Hall–Kier alpha value is -2.83. The van der Waals surface area contributed by atoms with Gasteiger partial charge < -0.3 is 9.47 Å². The summed E-state index contributed by atoms with van der Waals surface area (Å²) in [4.78, 5) is 28.4. The molecule has 176 valence electrons. The lowest BCUT2D eigenvalue weighted by Gasteiger charge is -2.55. The maximum Gasteiger partial charge on any atom is 0.218 e. The molecule has 5 nitrogen and oxygen atoms in total. The molecule has 5 rings (SSSR count). The Morgan fingerprint density at radius 2 is 1.76 bits per heavy atom. The van der Waals surface area contributed by atoms with E-state index in [1.54, 1.807) is 19.1 Å². The van der Waals surface area contributed by atoms with E-state index in [4.69, 9.17) is 9.47 Å². The van der Waals surface area contributed by atoms with Gasteiger partial charge in [0.05, 0.1) is 36.0 Å². The van der Waals surface area contributed by atoms with Gasteiger partial charge in [-0.05, 0) is 43.0 Å². The fourth-order valence-corrected chi connectivity index (χ4v) is 7.89. The Morgan fingerprint density at radius 3 is 2.44 bits per heavy atom. The van der Waals surface area contributed by atoms with Crippen LogP contribution in [0.5, 0.6) is 0 Å². The van der Waals surface area contributed by atoms with Crippen LogP contribution >= 0.6 is 0 Å². The van der Waals surface area contributed by atoms with Crippen LogP contribution in [0.2, 0.25) is 0 Å². The fourth-order valence-electron chi connectivity index (χ4n) is 5.77. The van der Waals surface area contributed by atoms with Gasteiger partial charge in [-0.2, -0.15) is 0 Å². The highest BCUT2D eigenvalue weighted by atomic mass is 32.2. The van der Waals surface area contributed by atoms with E-state index < -0.39 is 26.9 Å². The summed E-state index contributed by atoms with van der Waals surface area (Å²) in [5.74, 6) is -1.03. The lowest BCUT2D eigenvalue weighted by molar-refractivity contribution is -0.140. The third-order valence-corrected chi connectivity index (χ3v) is 9.92. The van der Waals surface area contributed by atoms with Gasteiger partial charge in [0.15, 0.2) is 11.5 Å². The van der Waals surface area contributed by atoms with Crippen molar-refractivity contribution >= 4 is 22.4 Å². The average Bonchev–Trinajstić information content (AvgIpc) is 2.86. The van der Waals surface area contributed by atoms with Crippen LogP contribution in [-0.4, -0.2) is 34.2 Å². The molecule has 0 N–H and O–H groups in total. The summed E-state index contributed by atoms with van der Waals surface area (Å²) >= 11 is 0. The Kier molecular flexibility index (Phi) is 5.69. The van der Waals surface area contributed by atoms with Crippen molar-refractivity contribution in [1.82, 2.24) is 0 Å². The maximum atomic E-state index is 14.6. The van der Waals surface area contributed by atoms with E-state index in [1.165, 1.54) is 13.2 Å². The number of Topliss-reactive ketones (excluding diaryl/α,β-unsaturated/α-hetero) is 1. The number of aryl methyl sites for hydroxylation is 1. The zero-order valence-corrected chi connectivity index (χ0v) is 20.4. The number of hydrogen-bond donors (Lipinski definition) is 0. The quantitative estimate of drug-likeness (QED) is 0.602. The molecule has 3 aliphatic rings. The SMILES string of the molecule is COC1=CC(=O)[C@]2(C)CC=C3CO[C@@H](c4ccccc4)C[C@@H]3[C@]2([S@@](=O)c2ccc(C)cc2)C1=O. The number of carbonyl (C=O) groups excluding carboxylic acids is 2. The van der Waals surface area contributed by atoms with Gasteiger partial charge in [-0.3, -0.25) is 13.8 Å². The fraction of sp³-hybridized carbons (Fsp3) is 0.357. The second-order valence-electron chi connectivity index (χ2n) is 9.54. The molecule has 1 heterocycles. The highest BCUT2D eigenvalue weighted by Crippen LogP contribution is 2.59. The van der Waals surface area contributed by atoms with Gasteiger partial charge in [0.25, 0.3) is 0 Å². The Labute approximate surface area is 202 Å². The van der Waals surface area contributed by atoms with E-state index in [0.717, 1.165) is 16.7 Å². The number of hydrogen-bond acceptors (Lipinski definition) is 5. The molecule has 0 unspecified atom stereocenters. The molecule has 1 fully saturated rings. The number of carbonyl (C=O) groups is 2. The summed E-state index contributed by atoms with van der Waals surface area (Å²) < 4.78 is 24.7. The van der Waals surface area contributed by atoms with E-state index >= 15 is 0 Å². The minimum Gasteiger partial charge on any atom is -0.493 e. The summed E-state index contributed by atoms with van der Waals surface area (Å²) in [6, 6.07) is 17.2. The predicted octanol–water partition coefficient (Wildman–Crippen LogP) is 4.64. The normalized spacial score (nSPS) is 31.6. The molecule has 2 aromatic carbocycles. The first-order valence-electron chi connectivity index (χ1n) is 11.5. The van der Waals surface area contributed by atoms with Crippen molar-refractivity contribution < 1.29 is 23.3 Å². The smallest absolute Gasteiger partial charge is 0.218 e. The standard InChI is InChI=1S/C28H28O5S/c1-18-9-11-21(12-10-18)34(31)28-22-15-23(19-7-5-4-6-8-19)33-17-20(22)13-14-27(28,2)25(29)16-24(32-3)26(28)30/h4-13,16,22-23H,14-15,17H2,1-3H3/t22-,23+,27-,28-,34-/m0/s1. The molecule has 2 aliphatic carbocycles. The van der Waals surface area contributed by atoms with Gasteiger partial charge >= 0.3 is 0 Å². The minimum absolute atomic E-state index is 0.0214. The number of allylic oxidation sites excluding steroid dienone is 3. The first kappa shape index (κ1) is 22.9. The molecule has 2 aromatic rings. The van der Waals surface area contributed by atoms with E-state index in [0.29, 0.717) is 24.3 Å². The molecule has 34 heavy (non-hydrogen) atoms. The van der Waals surface area contributed by atoms with E-state index in [2.05, 4.69) is 0 Å². The first-order chi connectivity index (χ1) is 16.3. The number of fused-ring (bicyclic) bond motifs is 3. The zero-order chi connectivity index (χ0) is 24.1. The largest absolute Gasteiger partial charge is 0.493 e. The number of benzene rings is 2. The number of ether oxygens (including phenoxy) is 2. The second-order valence-corrected chi connectivity index (χ2v) is 11.2. The Morgan fingerprint density at radius 1 is 1.06 bits per heavy atom. The van der Waals surface area contributed by atoms with Gasteiger partial charge in [-0.15, -0.1) is 0 Å².